The van der Waals surface area contributed by atoms with Crippen LogP contribution in [0.3, 0.4) is 0 Å². The minimum absolute atomic E-state index is 0.00352. The Hall–Kier alpha value is -2.67. The van der Waals surface area contributed by atoms with Crippen molar-refractivity contribution in [2.24, 2.45) is 0 Å². The molecule has 0 fully saturated rings. The van der Waals surface area contributed by atoms with Crippen molar-refractivity contribution in [2.45, 2.75) is 38.1 Å². The monoisotopic (exact) mass is 395 g/mol. The third kappa shape index (κ3) is 5.19. The van der Waals surface area contributed by atoms with Crippen LogP contribution in [0.1, 0.15) is 36.2 Å². The number of aryl methyl sites for hydroxylation is 2. The molecule has 1 N–H and O–H groups in total. The fourth-order valence-electron chi connectivity index (χ4n) is 3.01. The maximum Gasteiger partial charge on any atom is 0.230 e. The number of thioether (sulfide) groups is 1. The quantitative estimate of drug-likeness (QED) is 0.589. The summed E-state index contributed by atoms with van der Waals surface area (Å²) in [6, 6.07) is 16.0. The third-order valence-electron chi connectivity index (χ3n) is 4.51. The topological polar surface area (TPSA) is 72.7 Å². The zero-order valence-corrected chi connectivity index (χ0v) is 17.2. The molecule has 2 aromatic heterocycles. The van der Waals surface area contributed by atoms with E-state index in [2.05, 4.69) is 39.7 Å². The molecule has 0 aliphatic carbocycles. The van der Waals surface area contributed by atoms with Crippen LogP contribution in [0.2, 0.25) is 0 Å². The van der Waals surface area contributed by atoms with Gasteiger partial charge in [0.1, 0.15) is 5.03 Å². The van der Waals surface area contributed by atoms with Gasteiger partial charge in [0.05, 0.1) is 11.4 Å². The van der Waals surface area contributed by atoms with E-state index in [1.54, 1.807) is 4.68 Å². The van der Waals surface area contributed by atoms with Gasteiger partial charge in [0.25, 0.3) is 0 Å². The van der Waals surface area contributed by atoms with Gasteiger partial charge in [0, 0.05) is 18.2 Å². The van der Waals surface area contributed by atoms with Crippen LogP contribution in [0, 0.1) is 13.8 Å². The summed E-state index contributed by atoms with van der Waals surface area (Å²) in [5.41, 5.74) is 3.20. The average molecular weight is 396 g/mol. The van der Waals surface area contributed by atoms with Gasteiger partial charge in [-0.3, -0.25) is 4.79 Å². The van der Waals surface area contributed by atoms with E-state index in [0.29, 0.717) is 24.0 Å². The van der Waals surface area contributed by atoms with E-state index in [1.165, 1.54) is 17.3 Å². The van der Waals surface area contributed by atoms with Gasteiger partial charge >= 0.3 is 0 Å². The average Bonchev–Trinajstić information content (AvgIpc) is 3.06. The molecule has 0 aliphatic heterocycles. The minimum atomic E-state index is 0.00352. The Bertz CT molecular complexity index is 908. The fourth-order valence-corrected chi connectivity index (χ4v) is 3.66. The van der Waals surface area contributed by atoms with Crippen LogP contribution in [-0.2, 0) is 4.79 Å². The summed E-state index contributed by atoms with van der Waals surface area (Å²) in [5, 5.41) is 16.6. The molecule has 7 heteroatoms. The lowest BCUT2D eigenvalue weighted by Gasteiger charge is -2.16. The van der Waals surface area contributed by atoms with Crippen LogP contribution in [0.15, 0.2) is 53.6 Å². The fraction of sp³-hybridized carbons (Fsp3) is 0.333. The van der Waals surface area contributed by atoms with Gasteiger partial charge in [-0.25, -0.2) is 4.68 Å². The second-order valence-corrected chi connectivity index (χ2v) is 7.67. The van der Waals surface area contributed by atoms with Crippen LogP contribution in [-0.4, -0.2) is 38.2 Å². The molecule has 2 heterocycles. The van der Waals surface area contributed by atoms with Gasteiger partial charge in [-0.15, -0.1) is 10.2 Å². The Morgan fingerprint density at radius 1 is 1.14 bits per heavy atom. The number of benzene rings is 1. The van der Waals surface area contributed by atoms with Crippen molar-refractivity contribution in [3.63, 3.8) is 0 Å². The highest BCUT2D eigenvalue weighted by atomic mass is 32.2. The van der Waals surface area contributed by atoms with Crippen molar-refractivity contribution >= 4 is 17.7 Å². The Kier molecular flexibility index (Phi) is 6.81. The van der Waals surface area contributed by atoms with Crippen LogP contribution in [0.25, 0.3) is 5.82 Å². The van der Waals surface area contributed by atoms with Crippen molar-refractivity contribution in [3.05, 3.63) is 65.5 Å². The second-order valence-electron chi connectivity index (χ2n) is 6.68. The Morgan fingerprint density at radius 2 is 1.93 bits per heavy atom. The Morgan fingerprint density at radius 3 is 2.54 bits per heavy atom. The van der Waals surface area contributed by atoms with Crippen LogP contribution >= 0.6 is 11.8 Å². The summed E-state index contributed by atoms with van der Waals surface area (Å²) in [5.74, 6) is 1.32. The number of rotatable bonds is 8. The number of amides is 1. The summed E-state index contributed by atoms with van der Waals surface area (Å²) in [6.45, 7) is 6.70. The van der Waals surface area contributed by atoms with E-state index in [4.69, 9.17) is 0 Å². The molecule has 0 spiro atoms. The van der Waals surface area contributed by atoms with Crippen molar-refractivity contribution in [3.8, 4) is 5.82 Å². The van der Waals surface area contributed by atoms with Crippen LogP contribution in [0.4, 0.5) is 0 Å². The lowest BCUT2D eigenvalue weighted by molar-refractivity contribution is -0.118. The molecule has 3 aromatic rings. The lowest BCUT2D eigenvalue weighted by Crippen LogP contribution is -2.29. The number of nitrogens with one attached hydrogen (secondary N) is 1. The standard InChI is InChI=1S/C21H25N5OS/c1-4-17(18-8-6-5-7-9-18)13-22-20(27)14-28-21-11-10-19(23-24-21)26-16(3)12-15(2)25-26/h5-12,17H,4,13-14H2,1-3H3,(H,22,27). The first kappa shape index (κ1) is 20.1. The number of carbonyl (C=O) groups is 1. The SMILES string of the molecule is CCC(CNC(=O)CSc1ccc(-n2nc(C)cc2C)nn1)c1ccccc1. The van der Waals surface area contributed by atoms with E-state index in [1.807, 2.05) is 50.2 Å². The molecular formula is C21H25N5OS. The van der Waals surface area contributed by atoms with Gasteiger partial charge in [0.15, 0.2) is 5.82 Å². The maximum absolute atomic E-state index is 12.2. The van der Waals surface area contributed by atoms with Crippen molar-refractivity contribution in [1.29, 1.82) is 0 Å². The molecule has 1 amide bonds. The smallest absolute Gasteiger partial charge is 0.230 e. The summed E-state index contributed by atoms with van der Waals surface area (Å²) in [7, 11) is 0. The minimum Gasteiger partial charge on any atom is -0.355 e. The van der Waals surface area contributed by atoms with Gasteiger partial charge in [-0.2, -0.15) is 5.10 Å². The zero-order valence-electron chi connectivity index (χ0n) is 16.4. The predicted octanol–water partition coefficient (Wildman–Crippen LogP) is 3.68. The Balaban J connectivity index is 1.50. The first-order valence-corrected chi connectivity index (χ1v) is 10.4. The summed E-state index contributed by atoms with van der Waals surface area (Å²) < 4.78 is 1.76. The molecule has 1 atom stereocenters. The molecular weight excluding hydrogens is 370 g/mol. The molecule has 28 heavy (non-hydrogen) atoms. The van der Waals surface area contributed by atoms with E-state index < -0.39 is 0 Å². The van der Waals surface area contributed by atoms with Gasteiger partial charge in [-0.1, -0.05) is 49.0 Å². The van der Waals surface area contributed by atoms with Crippen molar-refractivity contribution in [2.75, 3.05) is 12.3 Å². The highest BCUT2D eigenvalue weighted by Gasteiger charge is 2.12. The third-order valence-corrected chi connectivity index (χ3v) is 5.43. The second kappa shape index (κ2) is 9.50. The largest absolute Gasteiger partial charge is 0.355 e. The van der Waals surface area contributed by atoms with E-state index in [0.717, 1.165) is 22.8 Å². The van der Waals surface area contributed by atoms with Crippen LogP contribution < -0.4 is 5.32 Å². The molecule has 0 saturated carbocycles. The number of aromatic nitrogens is 4. The van der Waals surface area contributed by atoms with Gasteiger partial charge in [-0.05, 0) is 44.0 Å². The summed E-state index contributed by atoms with van der Waals surface area (Å²) in [6.07, 6.45) is 0.983. The molecule has 0 aliphatic rings. The van der Waals surface area contributed by atoms with E-state index >= 15 is 0 Å². The lowest BCUT2D eigenvalue weighted by atomic mass is 9.96. The number of nitrogens with zero attached hydrogens (tertiary/aromatic N) is 4. The molecule has 3 rings (SSSR count). The highest BCUT2D eigenvalue weighted by Crippen LogP contribution is 2.19. The molecule has 1 unspecified atom stereocenters. The molecule has 0 saturated heterocycles. The first-order valence-electron chi connectivity index (χ1n) is 9.38. The number of hydrogen-bond acceptors (Lipinski definition) is 5. The molecule has 6 nitrogen and oxygen atoms in total. The van der Waals surface area contributed by atoms with Gasteiger partial charge < -0.3 is 5.32 Å². The molecule has 146 valence electrons. The predicted molar refractivity (Wildman–Crippen MR) is 112 cm³/mol. The normalized spacial score (nSPS) is 12.0. The zero-order chi connectivity index (χ0) is 19.9. The number of hydrogen-bond donors (Lipinski definition) is 1. The number of carbonyl (C=O) groups excluding carboxylic acids is 1. The molecule has 0 radical (unpaired) electrons. The van der Waals surface area contributed by atoms with Gasteiger partial charge in [0.2, 0.25) is 5.91 Å². The summed E-state index contributed by atoms with van der Waals surface area (Å²) in [4.78, 5) is 12.2. The Labute approximate surface area is 169 Å². The highest BCUT2D eigenvalue weighted by molar-refractivity contribution is 7.99. The van der Waals surface area contributed by atoms with E-state index in [9.17, 15) is 4.79 Å². The first-order chi connectivity index (χ1) is 13.6. The van der Waals surface area contributed by atoms with E-state index in [-0.39, 0.29) is 5.91 Å². The van der Waals surface area contributed by atoms with Crippen LogP contribution in [0.5, 0.6) is 0 Å². The van der Waals surface area contributed by atoms with Crippen molar-refractivity contribution < 1.29 is 4.79 Å². The molecule has 1 aromatic carbocycles. The maximum atomic E-state index is 12.2. The van der Waals surface area contributed by atoms with Crippen molar-refractivity contribution in [1.82, 2.24) is 25.3 Å². The summed E-state index contributed by atoms with van der Waals surface area (Å²) >= 11 is 1.38. The molecule has 0 bridgehead atoms.